The Morgan fingerprint density at radius 3 is 2.69 bits per heavy atom. The van der Waals surface area contributed by atoms with E-state index in [0.717, 1.165) is 5.69 Å². The highest BCUT2D eigenvalue weighted by Gasteiger charge is 2.19. The van der Waals surface area contributed by atoms with Gasteiger partial charge < -0.3 is 14.1 Å². The molecule has 2 heterocycles. The fourth-order valence-electron chi connectivity index (χ4n) is 2.38. The number of aryl methyl sites for hydroxylation is 1. The van der Waals surface area contributed by atoms with E-state index in [1.807, 2.05) is 12.1 Å². The second-order valence-electron chi connectivity index (χ2n) is 5.71. The number of amides is 1. The minimum atomic E-state index is -0.258. The minimum Gasteiger partial charge on any atom is -0.484 e. The van der Waals surface area contributed by atoms with Crippen molar-refractivity contribution in [1.82, 2.24) is 14.7 Å². The molecule has 8 heteroatoms. The molecule has 0 fully saturated rings. The molecule has 3 rings (SSSR count). The number of para-hydroxylation sites is 1. The van der Waals surface area contributed by atoms with Gasteiger partial charge in [0.05, 0.1) is 28.5 Å². The third-order valence-electron chi connectivity index (χ3n) is 3.82. The topological polar surface area (TPSA) is 60.5 Å². The van der Waals surface area contributed by atoms with Gasteiger partial charge in [0, 0.05) is 14.1 Å². The van der Waals surface area contributed by atoms with Gasteiger partial charge in [-0.25, -0.2) is 0 Å². The smallest absolute Gasteiger partial charge is 0.289 e. The van der Waals surface area contributed by atoms with Gasteiger partial charge in [-0.05, 0) is 24.3 Å². The lowest BCUT2D eigenvalue weighted by molar-refractivity contribution is 0.0746. The van der Waals surface area contributed by atoms with Gasteiger partial charge >= 0.3 is 0 Å². The van der Waals surface area contributed by atoms with E-state index < -0.39 is 0 Å². The second kappa shape index (κ2) is 7.85. The Bertz CT molecular complexity index is 901. The van der Waals surface area contributed by atoms with Gasteiger partial charge in [-0.15, -0.1) is 0 Å². The largest absolute Gasteiger partial charge is 0.484 e. The third kappa shape index (κ3) is 4.03. The highest BCUT2D eigenvalue weighted by Crippen LogP contribution is 2.24. The van der Waals surface area contributed by atoms with Crippen LogP contribution < -0.4 is 4.74 Å². The molecule has 0 unspecified atom stereocenters. The van der Waals surface area contributed by atoms with Crippen LogP contribution in [-0.2, 0) is 20.2 Å². The van der Waals surface area contributed by atoms with Crippen LogP contribution in [0.15, 0.2) is 47.0 Å². The lowest BCUT2D eigenvalue weighted by Crippen LogP contribution is -2.27. The molecule has 0 spiro atoms. The number of aromatic nitrogens is 2. The van der Waals surface area contributed by atoms with Crippen LogP contribution >= 0.6 is 23.2 Å². The Labute approximate surface area is 160 Å². The Balaban J connectivity index is 1.63. The van der Waals surface area contributed by atoms with Crippen molar-refractivity contribution in [3.8, 4) is 5.75 Å². The number of ether oxygens (including phenoxy) is 1. The van der Waals surface area contributed by atoms with Gasteiger partial charge in [-0.3, -0.25) is 9.48 Å². The van der Waals surface area contributed by atoms with Crippen molar-refractivity contribution in [2.45, 2.75) is 13.2 Å². The number of furan rings is 1. The van der Waals surface area contributed by atoms with Gasteiger partial charge in [-0.1, -0.05) is 35.3 Å². The molecular formula is C18H17Cl2N3O3. The van der Waals surface area contributed by atoms with Gasteiger partial charge in [0.15, 0.2) is 5.76 Å². The average Bonchev–Trinajstić information content (AvgIpc) is 3.22. The summed E-state index contributed by atoms with van der Waals surface area (Å²) in [6.45, 7) is 0.495. The summed E-state index contributed by atoms with van der Waals surface area (Å²) >= 11 is 12.1. The first kappa shape index (κ1) is 18.4. The molecule has 0 aliphatic carbocycles. The van der Waals surface area contributed by atoms with Crippen molar-refractivity contribution < 1.29 is 13.9 Å². The quantitative estimate of drug-likeness (QED) is 0.630. The van der Waals surface area contributed by atoms with Crippen molar-refractivity contribution in [2.24, 2.45) is 7.05 Å². The number of carbonyl (C=O) groups excluding carboxylic acids is 1. The maximum atomic E-state index is 12.5. The van der Waals surface area contributed by atoms with E-state index in [4.69, 9.17) is 32.4 Å². The Kier molecular flexibility index (Phi) is 5.54. The van der Waals surface area contributed by atoms with Crippen molar-refractivity contribution in [2.75, 3.05) is 7.05 Å². The van der Waals surface area contributed by atoms with E-state index in [2.05, 4.69) is 5.10 Å². The molecule has 0 aliphatic heterocycles. The molecule has 3 aromatic rings. The summed E-state index contributed by atoms with van der Waals surface area (Å²) in [5, 5.41) is 5.09. The monoisotopic (exact) mass is 393 g/mol. The van der Waals surface area contributed by atoms with E-state index in [0.29, 0.717) is 28.1 Å². The molecule has 6 nitrogen and oxygen atoms in total. The molecule has 26 heavy (non-hydrogen) atoms. The summed E-state index contributed by atoms with van der Waals surface area (Å²) in [5.41, 5.74) is 0.747. The summed E-state index contributed by atoms with van der Waals surface area (Å²) in [5.74, 6) is 1.05. The maximum Gasteiger partial charge on any atom is 0.289 e. The van der Waals surface area contributed by atoms with Crippen LogP contribution in [0.4, 0.5) is 0 Å². The maximum absolute atomic E-state index is 12.5. The predicted octanol–water partition coefficient (Wildman–Crippen LogP) is 4.17. The van der Waals surface area contributed by atoms with Gasteiger partial charge in [0.1, 0.15) is 18.1 Å². The molecule has 0 atom stereocenters. The molecule has 0 aliphatic rings. The van der Waals surface area contributed by atoms with Crippen LogP contribution in [0.3, 0.4) is 0 Å². The van der Waals surface area contributed by atoms with E-state index in [1.165, 1.54) is 4.90 Å². The van der Waals surface area contributed by atoms with Crippen LogP contribution in [0.5, 0.6) is 5.75 Å². The zero-order valence-corrected chi connectivity index (χ0v) is 15.8. The summed E-state index contributed by atoms with van der Waals surface area (Å²) in [6, 6.07) is 10.5. The first-order valence-electron chi connectivity index (χ1n) is 7.83. The molecule has 0 radical (unpaired) electrons. The number of halogens is 2. The highest BCUT2D eigenvalue weighted by molar-refractivity contribution is 6.32. The lowest BCUT2D eigenvalue weighted by atomic mass is 10.3. The second-order valence-corrected chi connectivity index (χ2v) is 6.52. The van der Waals surface area contributed by atoms with E-state index in [-0.39, 0.29) is 18.3 Å². The molecule has 0 bridgehead atoms. The van der Waals surface area contributed by atoms with Crippen LogP contribution in [0, 0.1) is 0 Å². The Morgan fingerprint density at radius 2 is 2.00 bits per heavy atom. The zero-order valence-electron chi connectivity index (χ0n) is 14.3. The van der Waals surface area contributed by atoms with Crippen molar-refractivity contribution in [3.05, 3.63) is 69.9 Å². The summed E-state index contributed by atoms with van der Waals surface area (Å²) in [4.78, 5) is 14.0. The summed E-state index contributed by atoms with van der Waals surface area (Å²) in [6.07, 6.45) is 1.55. The lowest BCUT2D eigenvalue weighted by Gasteiger charge is -2.16. The van der Waals surface area contributed by atoms with Crippen LogP contribution in [0.2, 0.25) is 10.0 Å². The van der Waals surface area contributed by atoms with Crippen LogP contribution in [0.1, 0.15) is 22.0 Å². The minimum absolute atomic E-state index is 0.175. The fourth-order valence-corrected chi connectivity index (χ4v) is 2.80. The fraction of sp³-hybridized carbons (Fsp3) is 0.222. The zero-order chi connectivity index (χ0) is 18.7. The van der Waals surface area contributed by atoms with Crippen molar-refractivity contribution >= 4 is 29.1 Å². The van der Waals surface area contributed by atoms with E-state index in [1.54, 1.807) is 49.2 Å². The van der Waals surface area contributed by atoms with Crippen molar-refractivity contribution in [3.63, 3.8) is 0 Å². The molecule has 1 amide bonds. The molecule has 136 valence electrons. The Hall–Kier alpha value is -2.44. The van der Waals surface area contributed by atoms with E-state index >= 15 is 0 Å². The number of carbonyl (C=O) groups is 1. The first-order chi connectivity index (χ1) is 12.5. The molecule has 0 N–H and O–H groups in total. The number of benzene rings is 1. The first-order valence-corrected chi connectivity index (χ1v) is 8.59. The Morgan fingerprint density at radius 1 is 1.23 bits per heavy atom. The normalized spacial score (nSPS) is 10.8. The average molecular weight is 394 g/mol. The standard InChI is InChI=1S/C18H17Cl2N3O3/c1-22(10-15-14(20)9-21-23(15)2)18(24)17-8-7-12(26-17)11-25-16-6-4-3-5-13(16)19/h3-9H,10-11H2,1-2H3. The predicted molar refractivity (Wildman–Crippen MR) is 98.5 cm³/mol. The summed E-state index contributed by atoms with van der Waals surface area (Å²) < 4.78 is 12.8. The van der Waals surface area contributed by atoms with Gasteiger partial charge in [0.2, 0.25) is 0 Å². The molecule has 2 aromatic heterocycles. The van der Waals surface area contributed by atoms with Gasteiger partial charge in [-0.2, -0.15) is 5.10 Å². The molecule has 0 saturated heterocycles. The molecule has 1 aromatic carbocycles. The molecular weight excluding hydrogens is 377 g/mol. The highest BCUT2D eigenvalue weighted by atomic mass is 35.5. The van der Waals surface area contributed by atoms with Crippen LogP contribution in [0.25, 0.3) is 0 Å². The number of hydrogen-bond acceptors (Lipinski definition) is 4. The van der Waals surface area contributed by atoms with Crippen molar-refractivity contribution in [1.29, 1.82) is 0 Å². The van der Waals surface area contributed by atoms with E-state index in [9.17, 15) is 4.79 Å². The van der Waals surface area contributed by atoms with Gasteiger partial charge in [0.25, 0.3) is 5.91 Å². The third-order valence-corrected chi connectivity index (χ3v) is 4.45. The number of hydrogen-bond donors (Lipinski definition) is 0. The number of nitrogens with zero attached hydrogens (tertiary/aromatic N) is 3. The SMILES string of the molecule is CN(Cc1c(Cl)cnn1C)C(=O)c1ccc(COc2ccccc2Cl)o1. The van der Waals surface area contributed by atoms with Crippen LogP contribution in [-0.4, -0.2) is 27.6 Å². The number of rotatable bonds is 6. The molecule has 0 saturated carbocycles. The summed E-state index contributed by atoms with van der Waals surface area (Å²) in [7, 11) is 3.45.